The summed E-state index contributed by atoms with van der Waals surface area (Å²) in [5.41, 5.74) is 1.60. The van der Waals surface area contributed by atoms with Crippen molar-refractivity contribution < 1.29 is 0 Å². The molecule has 0 amide bonds. The average molecular weight is 238 g/mol. The van der Waals surface area contributed by atoms with Gasteiger partial charge in [0.2, 0.25) is 0 Å². The second-order valence-electron chi connectivity index (χ2n) is 6.18. The summed E-state index contributed by atoms with van der Waals surface area (Å²) in [6, 6.07) is 0.530. The van der Waals surface area contributed by atoms with Crippen molar-refractivity contribution in [2.24, 2.45) is 5.92 Å². The van der Waals surface area contributed by atoms with Crippen LogP contribution in [-0.2, 0) is 0 Å². The SMILES string of the molecule is C=C(C)CC(NC)C1(N(C)C)CCC(C)CC1. The van der Waals surface area contributed by atoms with Gasteiger partial charge >= 0.3 is 0 Å². The fraction of sp³-hybridized carbons (Fsp3) is 0.867. The molecular weight excluding hydrogens is 208 g/mol. The maximum Gasteiger partial charge on any atom is 0.0359 e. The maximum atomic E-state index is 4.08. The molecule has 1 rings (SSSR count). The molecule has 100 valence electrons. The molecule has 0 aromatic carbocycles. The first-order chi connectivity index (χ1) is 7.92. The maximum absolute atomic E-state index is 4.08. The van der Waals surface area contributed by atoms with E-state index in [2.05, 4.69) is 51.8 Å². The molecule has 1 aliphatic carbocycles. The van der Waals surface area contributed by atoms with Crippen molar-refractivity contribution in [2.45, 2.75) is 57.5 Å². The van der Waals surface area contributed by atoms with Crippen molar-refractivity contribution in [1.82, 2.24) is 10.2 Å². The van der Waals surface area contributed by atoms with Crippen LogP contribution in [0, 0.1) is 5.92 Å². The van der Waals surface area contributed by atoms with Crippen molar-refractivity contribution >= 4 is 0 Å². The standard InChI is InChI=1S/C15H30N2/c1-12(2)11-14(16-4)15(17(5)6)9-7-13(3)8-10-15/h13-14,16H,1,7-11H2,2-6H3. The van der Waals surface area contributed by atoms with Crippen molar-refractivity contribution in [2.75, 3.05) is 21.1 Å². The van der Waals surface area contributed by atoms with Gasteiger partial charge in [-0.1, -0.05) is 12.5 Å². The summed E-state index contributed by atoms with van der Waals surface area (Å²) in [6.45, 7) is 8.60. The number of rotatable bonds is 5. The van der Waals surface area contributed by atoms with Gasteiger partial charge in [-0.05, 0) is 66.1 Å². The summed E-state index contributed by atoms with van der Waals surface area (Å²) in [7, 11) is 6.56. The van der Waals surface area contributed by atoms with Crippen molar-refractivity contribution in [1.29, 1.82) is 0 Å². The van der Waals surface area contributed by atoms with Crippen LogP contribution in [0.4, 0.5) is 0 Å². The van der Waals surface area contributed by atoms with Crippen LogP contribution in [0.1, 0.15) is 46.0 Å². The smallest absolute Gasteiger partial charge is 0.0359 e. The topological polar surface area (TPSA) is 15.3 Å². The van der Waals surface area contributed by atoms with Crippen LogP contribution in [0.3, 0.4) is 0 Å². The summed E-state index contributed by atoms with van der Waals surface area (Å²) in [6.07, 6.45) is 6.40. The van der Waals surface area contributed by atoms with Crippen molar-refractivity contribution in [3.05, 3.63) is 12.2 Å². The molecule has 1 fully saturated rings. The first kappa shape index (κ1) is 14.7. The number of hydrogen-bond donors (Lipinski definition) is 1. The van der Waals surface area contributed by atoms with E-state index in [-0.39, 0.29) is 0 Å². The van der Waals surface area contributed by atoms with Crippen LogP contribution in [-0.4, -0.2) is 37.6 Å². The molecule has 2 heteroatoms. The van der Waals surface area contributed by atoms with Crippen LogP contribution >= 0.6 is 0 Å². The molecule has 0 aromatic heterocycles. The second-order valence-corrected chi connectivity index (χ2v) is 6.18. The largest absolute Gasteiger partial charge is 0.315 e. The summed E-state index contributed by atoms with van der Waals surface area (Å²) >= 11 is 0. The molecule has 0 radical (unpaired) electrons. The molecule has 1 saturated carbocycles. The van der Waals surface area contributed by atoms with E-state index in [1.165, 1.54) is 31.3 Å². The molecule has 17 heavy (non-hydrogen) atoms. The minimum absolute atomic E-state index is 0.320. The lowest BCUT2D eigenvalue weighted by Crippen LogP contribution is -2.59. The molecule has 0 aliphatic heterocycles. The van der Waals surface area contributed by atoms with Gasteiger partial charge in [0.25, 0.3) is 0 Å². The quantitative estimate of drug-likeness (QED) is 0.741. The minimum atomic E-state index is 0.320. The summed E-state index contributed by atoms with van der Waals surface area (Å²) in [4.78, 5) is 2.45. The molecule has 0 spiro atoms. The highest BCUT2D eigenvalue weighted by molar-refractivity contribution is 5.06. The predicted octanol–water partition coefficient (Wildman–Crippen LogP) is 3.05. The molecule has 1 atom stereocenters. The Balaban J connectivity index is 2.85. The van der Waals surface area contributed by atoms with E-state index in [1.54, 1.807) is 0 Å². The zero-order chi connectivity index (χ0) is 13.1. The summed E-state index contributed by atoms with van der Waals surface area (Å²) < 4.78 is 0. The van der Waals surface area contributed by atoms with Crippen LogP contribution in [0.2, 0.25) is 0 Å². The van der Waals surface area contributed by atoms with E-state index in [0.717, 1.165) is 12.3 Å². The van der Waals surface area contributed by atoms with Gasteiger partial charge in [0.1, 0.15) is 0 Å². The van der Waals surface area contributed by atoms with Crippen LogP contribution < -0.4 is 5.32 Å². The number of nitrogens with zero attached hydrogens (tertiary/aromatic N) is 1. The third-order valence-electron chi connectivity index (χ3n) is 4.58. The van der Waals surface area contributed by atoms with Crippen LogP contribution in [0.5, 0.6) is 0 Å². The Morgan fingerprint density at radius 3 is 2.29 bits per heavy atom. The monoisotopic (exact) mass is 238 g/mol. The van der Waals surface area contributed by atoms with Gasteiger partial charge in [0.15, 0.2) is 0 Å². The number of nitrogens with one attached hydrogen (secondary N) is 1. The Morgan fingerprint density at radius 1 is 1.41 bits per heavy atom. The van der Waals surface area contributed by atoms with Gasteiger partial charge in [-0.2, -0.15) is 0 Å². The van der Waals surface area contributed by atoms with Crippen LogP contribution in [0.15, 0.2) is 12.2 Å². The van der Waals surface area contributed by atoms with Gasteiger partial charge < -0.3 is 10.2 Å². The number of likely N-dealkylation sites (N-methyl/N-ethyl adjacent to an activating group) is 2. The molecule has 0 heterocycles. The number of hydrogen-bond acceptors (Lipinski definition) is 2. The highest BCUT2D eigenvalue weighted by Crippen LogP contribution is 2.39. The normalized spacial score (nSPS) is 31.5. The summed E-state index contributed by atoms with van der Waals surface area (Å²) in [5.74, 6) is 0.894. The van der Waals surface area contributed by atoms with E-state index in [1.807, 2.05) is 0 Å². The highest BCUT2D eigenvalue weighted by atomic mass is 15.2. The van der Waals surface area contributed by atoms with Crippen molar-refractivity contribution in [3.63, 3.8) is 0 Å². The Labute approximate surface area is 107 Å². The van der Waals surface area contributed by atoms with Gasteiger partial charge in [-0.15, -0.1) is 6.58 Å². The van der Waals surface area contributed by atoms with Crippen molar-refractivity contribution in [3.8, 4) is 0 Å². The molecule has 2 nitrogen and oxygen atoms in total. The first-order valence-electron chi connectivity index (χ1n) is 6.91. The lowest BCUT2D eigenvalue weighted by Gasteiger charge is -2.50. The Hall–Kier alpha value is -0.340. The molecule has 1 aliphatic rings. The lowest BCUT2D eigenvalue weighted by molar-refractivity contribution is 0.0461. The van der Waals surface area contributed by atoms with Gasteiger partial charge in [0, 0.05) is 11.6 Å². The minimum Gasteiger partial charge on any atom is -0.315 e. The fourth-order valence-corrected chi connectivity index (χ4v) is 3.28. The Bertz CT molecular complexity index is 250. The van der Waals surface area contributed by atoms with Gasteiger partial charge in [-0.3, -0.25) is 0 Å². The second kappa shape index (κ2) is 6.01. The average Bonchev–Trinajstić information content (AvgIpc) is 2.27. The van der Waals surface area contributed by atoms with E-state index in [0.29, 0.717) is 11.6 Å². The zero-order valence-electron chi connectivity index (χ0n) is 12.3. The predicted molar refractivity (Wildman–Crippen MR) is 76.3 cm³/mol. The Kier molecular flexibility index (Phi) is 5.21. The van der Waals surface area contributed by atoms with E-state index >= 15 is 0 Å². The zero-order valence-corrected chi connectivity index (χ0v) is 12.3. The van der Waals surface area contributed by atoms with Gasteiger partial charge in [-0.25, -0.2) is 0 Å². The molecule has 1 unspecified atom stereocenters. The third kappa shape index (κ3) is 3.32. The van der Waals surface area contributed by atoms with Crippen LogP contribution in [0.25, 0.3) is 0 Å². The van der Waals surface area contributed by atoms with E-state index in [9.17, 15) is 0 Å². The van der Waals surface area contributed by atoms with E-state index in [4.69, 9.17) is 0 Å². The fourth-order valence-electron chi connectivity index (χ4n) is 3.28. The molecule has 1 N–H and O–H groups in total. The molecular formula is C15H30N2. The Morgan fingerprint density at radius 2 is 1.94 bits per heavy atom. The third-order valence-corrected chi connectivity index (χ3v) is 4.58. The first-order valence-corrected chi connectivity index (χ1v) is 6.91. The highest BCUT2D eigenvalue weighted by Gasteiger charge is 2.42. The molecule has 0 aromatic rings. The van der Waals surface area contributed by atoms with E-state index < -0.39 is 0 Å². The summed E-state index contributed by atoms with van der Waals surface area (Å²) in [5, 5.41) is 3.54. The molecule has 0 bridgehead atoms. The lowest BCUT2D eigenvalue weighted by atomic mass is 9.71. The van der Waals surface area contributed by atoms with Gasteiger partial charge in [0.05, 0.1) is 0 Å². The molecule has 0 saturated heterocycles.